The molecule has 0 saturated heterocycles. The molecule has 124 valence electrons. The first-order chi connectivity index (χ1) is 11.2. The van der Waals surface area contributed by atoms with E-state index in [4.69, 9.17) is 9.47 Å². The first-order valence-electron chi connectivity index (χ1n) is 8.84. The normalized spacial score (nSPS) is 33.7. The molecule has 4 atom stereocenters. The van der Waals surface area contributed by atoms with Gasteiger partial charge >= 0.3 is 0 Å². The van der Waals surface area contributed by atoms with Crippen LogP contribution in [-0.4, -0.2) is 18.3 Å². The van der Waals surface area contributed by atoms with E-state index in [0.717, 1.165) is 42.8 Å². The number of allylic oxidation sites excluding steroid dienone is 1. The van der Waals surface area contributed by atoms with Gasteiger partial charge in [0.25, 0.3) is 0 Å². The Hall–Kier alpha value is -1.48. The highest BCUT2D eigenvalue weighted by molar-refractivity contribution is 5.58. The van der Waals surface area contributed by atoms with Crippen LogP contribution in [0, 0.1) is 11.8 Å². The lowest BCUT2D eigenvalue weighted by Crippen LogP contribution is -2.52. The maximum absolute atomic E-state index is 9.77. The Morgan fingerprint density at radius 1 is 1.39 bits per heavy atom. The van der Waals surface area contributed by atoms with Gasteiger partial charge in [0, 0.05) is 16.5 Å². The molecule has 3 nitrogen and oxygen atoms in total. The van der Waals surface area contributed by atoms with Crippen LogP contribution in [0.25, 0.3) is 0 Å². The predicted molar refractivity (Wildman–Crippen MR) is 89.4 cm³/mol. The third-order valence-corrected chi connectivity index (χ3v) is 6.29. The van der Waals surface area contributed by atoms with Crippen molar-refractivity contribution in [2.75, 3.05) is 7.11 Å². The van der Waals surface area contributed by atoms with E-state index in [1.807, 2.05) is 6.07 Å². The average Bonchev–Trinajstić information content (AvgIpc) is 2.90. The molecule has 4 rings (SSSR count). The Labute approximate surface area is 138 Å². The second kappa shape index (κ2) is 5.27. The van der Waals surface area contributed by atoms with Gasteiger partial charge in [0.2, 0.25) is 0 Å². The first kappa shape index (κ1) is 15.1. The summed E-state index contributed by atoms with van der Waals surface area (Å²) in [5.41, 5.74) is 3.72. The molecule has 1 N–H and O–H groups in total. The molecule has 1 aromatic carbocycles. The molecule has 0 saturated carbocycles. The smallest absolute Gasteiger partial charge is 0.165 e. The van der Waals surface area contributed by atoms with E-state index < -0.39 is 0 Å². The van der Waals surface area contributed by atoms with E-state index in [1.165, 1.54) is 11.1 Å². The third-order valence-electron chi connectivity index (χ3n) is 6.29. The van der Waals surface area contributed by atoms with Gasteiger partial charge < -0.3 is 14.6 Å². The fourth-order valence-corrected chi connectivity index (χ4v) is 5.49. The lowest BCUT2D eigenvalue weighted by Gasteiger charge is -2.50. The Morgan fingerprint density at radius 3 is 2.91 bits per heavy atom. The highest BCUT2D eigenvalue weighted by Gasteiger charge is 2.60. The lowest BCUT2D eigenvalue weighted by molar-refractivity contribution is 0.0296. The van der Waals surface area contributed by atoms with Crippen LogP contribution in [0.4, 0.5) is 0 Å². The highest BCUT2D eigenvalue weighted by Crippen LogP contribution is 2.62. The number of hydrogen-bond acceptors (Lipinski definition) is 3. The predicted octanol–water partition coefficient (Wildman–Crippen LogP) is 3.72. The summed E-state index contributed by atoms with van der Waals surface area (Å²) in [6, 6.07) is 4.25. The average molecular weight is 314 g/mol. The largest absolute Gasteiger partial charge is 0.497 e. The molecule has 1 aliphatic heterocycles. The van der Waals surface area contributed by atoms with Crippen LogP contribution in [0.3, 0.4) is 0 Å². The van der Waals surface area contributed by atoms with Gasteiger partial charge in [-0.2, -0.15) is 0 Å². The van der Waals surface area contributed by atoms with Crippen molar-refractivity contribution in [3.63, 3.8) is 0 Å². The number of benzene rings is 1. The zero-order valence-electron chi connectivity index (χ0n) is 14.3. The van der Waals surface area contributed by atoms with E-state index in [0.29, 0.717) is 11.8 Å². The van der Waals surface area contributed by atoms with Crippen molar-refractivity contribution in [1.82, 2.24) is 0 Å². The van der Waals surface area contributed by atoms with Gasteiger partial charge in [-0.15, -0.1) is 0 Å². The quantitative estimate of drug-likeness (QED) is 0.920. The van der Waals surface area contributed by atoms with Crippen molar-refractivity contribution in [2.45, 2.75) is 57.7 Å². The summed E-state index contributed by atoms with van der Waals surface area (Å²) in [4.78, 5) is 0. The molecule has 0 spiro atoms. The van der Waals surface area contributed by atoms with Gasteiger partial charge in [0.15, 0.2) is 6.10 Å². The second-order valence-electron chi connectivity index (χ2n) is 7.37. The van der Waals surface area contributed by atoms with Gasteiger partial charge in [0.05, 0.1) is 13.7 Å². The number of hydrogen-bond donors (Lipinski definition) is 1. The van der Waals surface area contributed by atoms with Gasteiger partial charge in [-0.25, -0.2) is 0 Å². The van der Waals surface area contributed by atoms with Crippen molar-refractivity contribution in [3.05, 3.63) is 40.7 Å². The van der Waals surface area contributed by atoms with Crippen LogP contribution in [0.1, 0.15) is 49.8 Å². The maximum atomic E-state index is 9.77. The van der Waals surface area contributed by atoms with Gasteiger partial charge in [-0.3, -0.25) is 0 Å². The zero-order valence-corrected chi connectivity index (χ0v) is 14.3. The minimum Gasteiger partial charge on any atom is -0.497 e. The monoisotopic (exact) mass is 314 g/mol. The molecular formula is C20H26O3. The minimum atomic E-state index is -0.0320. The molecule has 0 aromatic heterocycles. The van der Waals surface area contributed by atoms with E-state index in [-0.39, 0.29) is 18.1 Å². The van der Waals surface area contributed by atoms with Gasteiger partial charge in [-0.05, 0) is 42.7 Å². The van der Waals surface area contributed by atoms with E-state index in [2.05, 4.69) is 26.0 Å². The zero-order chi connectivity index (χ0) is 16.2. The lowest BCUT2D eigenvalue weighted by atomic mass is 9.53. The summed E-state index contributed by atoms with van der Waals surface area (Å²) >= 11 is 0. The summed E-state index contributed by atoms with van der Waals surface area (Å²) in [5, 5.41) is 9.77. The fraction of sp³-hybridized carbons (Fsp3) is 0.600. The molecule has 2 aliphatic carbocycles. The summed E-state index contributed by atoms with van der Waals surface area (Å²) in [6.45, 7) is 4.67. The van der Waals surface area contributed by atoms with Crippen molar-refractivity contribution in [3.8, 4) is 5.75 Å². The van der Waals surface area contributed by atoms with Gasteiger partial charge in [0.1, 0.15) is 11.5 Å². The van der Waals surface area contributed by atoms with E-state index >= 15 is 0 Å². The van der Waals surface area contributed by atoms with E-state index in [1.54, 1.807) is 7.11 Å². The fourth-order valence-electron chi connectivity index (χ4n) is 5.49. The molecule has 0 radical (unpaired) electrons. The summed E-state index contributed by atoms with van der Waals surface area (Å²) in [5.74, 6) is 3.13. The van der Waals surface area contributed by atoms with Crippen molar-refractivity contribution in [1.29, 1.82) is 0 Å². The summed E-state index contributed by atoms with van der Waals surface area (Å²) in [7, 11) is 1.75. The summed E-state index contributed by atoms with van der Waals surface area (Å²) < 4.78 is 12.2. The maximum Gasteiger partial charge on any atom is 0.165 e. The number of ether oxygens (including phenoxy) is 2. The standard InChI is InChI=1S/C20H26O3/c1-4-9-20-15-7-8-16(22-3)19(20)23-18-14(11-21)6-5-13(17(18)20)10-12(15)2/h5-6,8,12,15,19,21H,4,7,9-11H2,1-3H3. The van der Waals surface area contributed by atoms with Crippen LogP contribution < -0.4 is 4.74 Å². The molecule has 1 aromatic rings. The molecule has 0 bridgehead atoms. The molecule has 1 heterocycles. The molecule has 4 unspecified atom stereocenters. The molecule has 0 amide bonds. The summed E-state index contributed by atoms with van der Waals surface area (Å²) in [6.07, 6.45) is 6.61. The molecule has 23 heavy (non-hydrogen) atoms. The third kappa shape index (κ3) is 1.80. The van der Waals surface area contributed by atoms with Crippen molar-refractivity contribution >= 4 is 0 Å². The van der Waals surface area contributed by atoms with Crippen LogP contribution in [0.2, 0.25) is 0 Å². The molecular weight excluding hydrogens is 288 g/mol. The Kier molecular flexibility index (Phi) is 3.45. The van der Waals surface area contributed by atoms with Crippen LogP contribution in [0.5, 0.6) is 5.75 Å². The Bertz CT molecular complexity index is 663. The van der Waals surface area contributed by atoms with Crippen LogP contribution in [-0.2, 0) is 23.2 Å². The molecule has 0 fully saturated rings. The number of methoxy groups -OCH3 is 1. The van der Waals surface area contributed by atoms with Gasteiger partial charge in [-0.1, -0.05) is 32.4 Å². The van der Waals surface area contributed by atoms with Crippen LogP contribution >= 0.6 is 0 Å². The SMILES string of the molecule is CCCC12c3c4ccc(CO)c3OC1C(OC)=CCC2C(C)C4. The first-order valence-corrected chi connectivity index (χ1v) is 8.84. The van der Waals surface area contributed by atoms with Crippen molar-refractivity contribution in [2.24, 2.45) is 11.8 Å². The minimum absolute atomic E-state index is 0.0162. The van der Waals surface area contributed by atoms with Crippen molar-refractivity contribution < 1.29 is 14.6 Å². The van der Waals surface area contributed by atoms with Crippen LogP contribution in [0.15, 0.2) is 24.0 Å². The molecule has 3 heteroatoms. The Morgan fingerprint density at radius 2 is 2.22 bits per heavy atom. The topological polar surface area (TPSA) is 38.7 Å². The number of aliphatic hydroxyl groups is 1. The second-order valence-corrected chi connectivity index (χ2v) is 7.37. The highest BCUT2D eigenvalue weighted by atomic mass is 16.5. The van der Waals surface area contributed by atoms with E-state index in [9.17, 15) is 5.11 Å². The molecule has 3 aliphatic rings. The Balaban J connectivity index is 2.00. The number of aliphatic hydroxyl groups excluding tert-OH is 1. The number of rotatable bonds is 4.